The maximum absolute atomic E-state index is 11.9. The van der Waals surface area contributed by atoms with E-state index in [9.17, 15) is 8.42 Å². The molecule has 1 atom stereocenters. The van der Waals surface area contributed by atoms with Gasteiger partial charge < -0.3 is 5.32 Å². The highest BCUT2D eigenvalue weighted by Crippen LogP contribution is 2.25. The lowest BCUT2D eigenvalue weighted by molar-refractivity contribution is 0.339. The van der Waals surface area contributed by atoms with Crippen LogP contribution in [0.3, 0.4) is 0 Å². The van der Waals surface area contributed by atoms with E-state index in [1.807, 2.05) is 6.92 Å². The van der Waals surface area contributed by atoms with Gasteiger partial charge in [0.25, 0.3) is 0 Å². The average molecular weight is 276 g/mol. The van der Waals surface area contributed by atoms with Gasteiger partial charge >= 0.3 is 0 Å². The number of hydrogen-bond donors (Lipinski definition) is 2. The van der Waals surface area contributed by atoms with Gasteiger partial charge in [0, 0.05) is 13.1 Å². The summed E-state index contributed by atoms with van der Waals surface area (Å²) in [7, 11) is -3.15. The van der Waals surface area contributed by atoms with Crippen LogP contribution in [0.15, 0.2) is 0 Å². The van der Waals surface area contributed by atoms with Gasteiger partial charge in [0.15, 0.2) is 0 Å². The lowest BCUT2D eigenvalue weighted by atomic mass is 9.87. The molecule has 0 aromatic carbocycles. The van der Waals surface area contributed by atoms with Gasteiger partial charge in [0.1, 0.15) is 0 Å². The van der Waals surface area contributed by atoms with Crippen LogP contribution in [0.4, 0.5) is 0 Å². The first kappa shape index (κ1) is 15.9. The topological polar surface area (TPSA) is 58.2 Å². The van der Waals surface area contributed by atoms with Crippen LogP contribution < -0.4 is 10.0 Å². The number of rotatable bonds is 8. The van der Waals surface area contributed by atoms with Gasteiger partial charge in [-0.05, 0) is 25.8 Å². The van der Waals surface area contributed by atoms with E-state index in [1.54, 1.807) is 6.92 Å². The summed E-state index contributed by atoms with van der Waals surface area (Å²) in [6, 6.07) is 0. The maximum atomic E-state index is 11.9. The van der Waals surface area contributed by atoms with Crippen molar-refractivity contribution in [1.29, 1.82) is 0 Å². The molecule has 0 aromatic heterocycles. The van der Waals surface area contributed by atoms with Crippen molar-refractivity contribution in [1.82, 2.24) is 10.0 Å². The van der Waals surface area contributed by atoms with Crippen molar-refractivity contribution in [3.8, 4) is 0 Å². The highest BCUT2D eigenvalue weighted by atomic mass is 32.2. The van der Waals surface area contributed by atoms with Crippen LogP contribution in [0, 0.1) is 5.92 Å². The van der Waals surface area contributed by atoms with Crippen molar-refractivity contribution in [2.24, 2.45) is 5.92 Å². The van der Waals surface area contributed by atoms with Crippen LogP contribution in [-0.4, -0.2) is 33.3 Å². The Hall–Kier alpha value is -0.130. The molecule has 18 heavy (non-hydrogen) atoms. The van der Waals surface area contributed by atoms with Gasteiger partial charge in [-0.15, -0.1) is 0 Å². The average Bonchev–Trinajstić information content (AvgIpc) is 2.37. The molecule has 0 bridgehead atoms. The minimum absolute atomic E-state index is 0.358. The Kier molecular flexibility index (Phi) is 7.19. The minimum atomic E-state index is -3.15. The molecule has 0 amide bonds. The molecule has 0 aromatic rings. The van der Waals surface area contributed by atoms with Crippen LogP contribution in [0.2, 0.25) is 0 Å². The Labute approximate surface area is 112 Å². The SMILES string of the molecule is CCNCC(C)S(=O)(=O)NCCC1CCCCC1. The third-order valence-corrected chi connectivity index (χ3v) is 5.62. The molecule has 5 heteroatoms. The molecule has 1 rings (SSSR count). The normalized spacial score (nSPS) is 19.9. The van der Waals surface area contributed by atoms with Crippen LogP contribution >= 0.6 is 0 Å². The standard InChI is InChI=1S/C13H28N2O2S/c1-3-14-11-12(2)18(16,17)15-10-9-13-7-5-4-6-8-13/h12-15H,3-11H2,1-2H3. The third kappa shape index (κ3) is 5.67. The van der Waals surface area contributed by atoms with E-state index in [-0.39, 0.29) is 5.25 Å². The number of nitrogens with one attached hydrogen (secondary N) is 2. The first-order chi connectivity index (χ1) is 8.56. The molecule has 0 aliphatic heterocycles. The van der Waals surface area contributed by atoms with E-state index >= 15 is 0 Å². The highest BCUT2D eigenvalue weighted by molar-refractivity contribution is 7.90. The Bertz CT molecular complexity index is 311. The van der Waals surface area contributed by atoms with E-state index in [0.29, 0.717) is 13.1 Å². The Balaban J connectivity index is 2.23. The van der Waals surface area contributed by atoms with Gasteiger partial charge in [-0.3, -0.25) is 0 Å². The largest absolute Gasteiger partial charge is 0.316 e. The number of sulfonamides is 1. The molecule has 0 radical (unpaired) electrons. The fraction of sp³-hybridized carbons (Fsp3) is 1.00. The van der Waals surface area contributed by atoms with Crippen molar-refractivity contribution in [3.05, 3.63) is 0 Å². The highest BCUT2D eigenvalue weighted by Gasteiger charge is 2.20. The zero-order valence-electron chi connectivity index (χ0n) is 11.7. The molecule has 1 aliphatic rings. The monoisotopic (exact) mass is 276 g/mol. The molecule has 1 fully saturated rings. The van der Waals surface area contributed by atoms with Gasteiger partial charge in [-0.1, -0.05) is 39.0 Å². The minimum Gasteiger partial charge on any atom is -0.316 e. The third-order valence-electron chi connectivity index (χ3n) is 3.79. The summed E-state index contributed by atoms with van der Waals surface area (Å²) in [5, 5.41) is 2.72. The summed E-state index contributed by atoms with van der Waals surface area (Å²) in [6.07, 6.45) is 7.51. The smallest absolute Gasteiger partial charge is 0.215 e. The Morgan fingerprint density at radius 1 is 1.22 bits per heavy atom. The van der Waals surface area contributed by atoms with Gasteiger partial charge in [-0.2, -0.15) is 0 Å². The molecule has 1 saturated carbocycles. The quantitative estimate of drug-likeness (QED) is 0.711. The molecular formula is C13H28N2O2S. The molecule has 0 saturated heterocycles. The van der Waals surface area contributed by atoms with E-state index in [0.717, 1.165) is 18.9 Å². The molecule has 1 aliphatic carbocycles. The van der Waals surface area contributed by atoms with Crippen LogP contribution in [0.1, 0.15) is 52.4 Å². The fourth-order valence-corrected chi connectivity index (χ4v) is 3.50. The summed E-state index contributed by atoms with van der Waals surface area (Å²) >= 11 is 0. The van der Waals surface area contributed by atoms with E-state index in [2.05, 4.69) is 10.0 Å². The molecule has 2 N–H and O–H groups in total. The van der Waals surface area contributed by atoms with Crippen molar-refractivity contribution in [2.45, 2.75) is 57.6 Å². The summed E-state index contributed by atoms with van der Waals surface area (Å²) in [5.41, 5.74) is 0. The predicted molar refractivity (Wildman–Crippen MR) is 76.1 cm³/mol. The molecule has 108 valence electrons. The van der Waals surface area contributed by atoms with Crippen molar-refractivity contribution < 1.29 is 8.42 Å². The van der Waals surface area contributed by atoms with Crippen LogP contribution in [0.5, 0.6) is 0 Å². The van der Waals surface area contributed by atoms with E-state index < -0.39 is 10.0 Å². The zero-order chi connectivity index (χ0) is 13.4. The lowest BCUT2D eigenvalue weighted by Gasteiger charge is -2.22. The lowest BCUT2D eigenvalue weighted by Crippen LogP contribution is -2.39. The first-order valence-electron chi connectivity index (χ1n) is 7.25. The Morgan fingerprint density at radius 3 is 2.50 bits per heavy atom. The van der Waals surface area contributed by atoms with Crippen molar-refractivity contribution >= 4 is 10.0 Å². The predicted octanol–water partition coefficient (Wildman–Crippen LogP) is 1.87. The molecule has 0 heterocycles. The van der Waals surface area contributed by atoms with E-state index in [4.69, 9.17) is 0 Å². The molecule has 4 nitrogen and oxygen atoms in total. The second-order valence-corrected chi connectivity index (χ2v) is 7.53. The van der Waals surface area contributed by atoms with Gasteiger partial charge in [-0.25, -0.2) is 13.1 Å². The summed E-state index contributed by atoms with van der Waals surface area (Å²) < 4.78 is 26.6. The summed E-state index contributed by atoms with van der Waals surface area (Å²) in [4.78, 5) is 0. The number of hydrogen-bond acceptors (Lipinski definition) is 3. The Morgan fingerprint density at radius 2 is 1.89 bits per heavy atom. The first-order valence-corrected chi connectivity index (χ1v) is 8.80. The summed E-state index contributed by atoms with van der Waals surface area (Å²) in [6.45, 7) is 5.67. The molecule has 1 unspecified atom stereocenters. The van der Waals surface area contributed by atoms with E-state index in [1.165, 1.54) is 32.1 Å². The zero-order valence-corrected chi connectivity index (χ0v) is 12.6. The van der Waals surface area contributed by atoms with Crippen molar-refractivity contribution in [2.75, 3.05) is 19.6 Å². The second kappa shape index (κ2) is 8.12. The fourth-order valence-electron chi connectivity index (χ4n) is 2.48. The van der Waals surface area contributed by atoms with Crippen LogP contribution in [0.25, 0.3) is 0 Å². The molecular weight excluding hydrogens is 248 g/mol. The maximum Gasteiger partial charge on any atom is 0.215 e. The van der Waals surface area contributed by atoms with Crippen LogP contribution in [-0.2, 0) is 10.0 Å². The summed E-state index contributed by atoms with van der Waals surface area (Å²) in [5.74, 6) is 0.727. The van der Waals surface area contributed by atoms with Gasteiger partial charge in [0.05, 0.1) is 5.25 Å². The second-order valence-electron chi connectivity index (χ2n) is 5.35. The molecule has 0 spiro atoms. The van der Waals surface area contributed by atoms with Gasteiger partial charge in [0.2, 0.25) is 10.0 Å². The van der Waals surface area contributed by atoms with Crippen molar-refractivity contribution in [3.63, 3.8) is 0 Å².